The highest BCUT2D eigenvalue weighted by Crippen LogP contribution is 2.35. The number of halogens is 1. The van der Waals surface area contributed by atoms with Crippen molar-refractivity contribution in [1.82, 2.24) is 4.98 Å². The van der Waals surface area contributed by atoms with Gasteiger partial charge < -0.3 is 5.32 Å². The maximum Gasteiger partial charge on any atom is 0.183 e. The van der Waals surface area contributed by atoms with Crippen LogP contribution in [0.3, 0.4) is 0 Å². The zero-order valence-corrected chi connectivity index (χ0v) is 10.1. The first-order chi connectivity index (χ1) is 6.66. The molecule has 14 heavy (non-hydrogen) atoms. The molecule has 1 saturated carbocycles. The summed E-state index contributed by atoms with van der Waals surface area (Å²) in [4.78, 5) is 5.69. The minimum absolute atomic E-state index is 0.277. The first kappa shape index (κ1) is 10.2. The van der Waals surface area contributed by atoms with Crippen molar-refractivity contribution in [3.8, 4) is 0 Å². The molecular weight excluding hydrogens is 216 g/mol. The second-order valence-corrected chi connectivity index (χ2v) is 5.66. The molecule has 0 spiro atoms. The van der Waals surface area contributed by atoms with Crippen LogP contribution in [0.5, 0.6) is 0 Å². The van der Waals surface area contributed by atoms with Crippen molar-refractivity contribution in [3.05, 3.63) is 10.6 Å². The van der Waals surface area contributed by atoms with Gasteiger partial charge in [0.2, 0.25) is 0 Å². The molecule has 4 heteroatoms. The van der Waals surface area contributed by atoms with Crippen LogP contribution in [0.15, 0.2) is 0 Å². The summed E-state index contributed by atoms with van der Waals surface area (Å²) in [5, 5.41) is 4.59. The Bertz CT molecular complexity index is 300. The monoisotopic (exact) mass is 230 g/mol. The lowest BCUT2D eigenvalue weighted by molar-refractivity contribution is 0.770. The molecule has 1 heterocycles. The van der Waals surface area contributed by atoms with Crippen LogP contribution >= 0.6 is 22.9 Å². The normalized spacial score (nSPS) is 18.2. The van der Waals surface area contributed by atoms with Crippen LogP contribution in [0.1, 0.15) is 23.4 Å². The minimum Gasteiger partial charge on any atom is -0.360 e. The Hall–Kier alpha value is -0.280. The molecule has 0 aliphatic heterocycles. The number of alkyl halides is 1. The largest absolute Gasteiger partial charge is 0.360 e. The van der Waals surface area contributed by atoms with Crippen molar-refractivity contribution >= 4 is 28.1 Å². The van der Waals surface area contributed by atoms with Crippen LogP contribution in [0.25, 0.3) is 0 Å². The third-order valence-corrected chi connectivity index (χ3v) is 4.15. The second kappa shape index (κ2) is 4.07. The number of anilines is 1. The Kier molecular flexibility index (Phi) is 2.98. The Morgan fingerprint density at radius 3 is 2.79 bits per heavy atom. The average molecular weight is 231 g/mol. The molecule has 1 fully saturated rings. The van der Waals surface area contributed by atoms with Crippen molar-refractivity contribution in [2.45, 2.75) is 32.1 Å². The standard InChI is InChI=1S/C10H15ClN2S/c1-6-7(2)14-10(13-6)12-5-9(11)8-3-4-8/h8-9H,3-5H2,1-2H3,(H,12,13). The van der Waals surface area contributed by atoms with Gasteiger partial charge in [-0.15, -0.1) is 22.9 Å². The molecule has 78 valence electrons. The van der Waals surface area contributed by atoms with Gasteiger partial charge in [0.15, 0.2) is 5.13 Å². The van der Waals surface area contributed by atoms with E-state index in [1.807, 2.05) is 6.92 Å². The summed E-state index contributed by atoms with van der Waals surface area (Å²) < 4.78 is 0. The number of aromatic nitrogens is 1. The molecule has 1 aliphatic rings. The molecule has 1 aromatic heterocycles. The molecule has 2 rings (SSSR count). The Balaban J connectivity index is 1.84. The van der Waals surface area contributed by atoms with Crippen molar-refractivity contribution in [1.29, 1.82) is 0 Å². The van der Waals surface area contributed by atoms with Gasteiger partial charge in [-0.2, -0.15) is 0 Å². The molecule has 1 unspecified atom stereocenters. The number of aryl methyl sites for hydroxylation is 2. The quantitative estimate of drug-likeness (QED) is 0.804. The molecule has 0 bridgehead atoms. The van der Waals surface area contributed by atoms with E-state index in [4.69, 9.17) is 11.6 Å². The molecule has 1 aliphatic carbocycles. The summed E-state index contributed by atoms with van der Waals surface area (Å²) >= 11 is 7.90. The lowest BCUT2D eigenvalue weighted by Crippen LogP contribution is -2.15. The number of nitrogens with zero attached hydrogens (tertiary/aromatic N) is 1. The van der Waals surface area contributed by atoms with Crippen molar-refractivity contribution < 1.29 is 0 Å². The summed E-state index contributed by atoms with van der Waals surface area (Å²) in [5.74, 6) is 0.742. The van der Waals surface area contributed by atoms with Crippen molar-refractivity contribution in [2.75, 3.05) is 11.9 Å². The van der Waals surface area contributed by atoms with Crippen LogP contribution < -0.4 is 5.32 Å². The van der Waals surface area contributed by atoms with E-state index in [2.05, 4.69) is 17.2 Å². The average Bonchev–Trinajstić information content (AvgIpc) is 2.92. The molecule has 0 radical (unpaired) electrons. The summed E-state index contributed by atoms with van der Waals surface area (Å²) in [6.07, 6.45) is 2.59. The van der Waals surface area contributed by atoms with Gasteiger partial charge in [-0.05, 0) is 32.6 Å². The van der Waals surface area contributed by atoms with Gasteiger partial charge in [-0.3, -0.25) is 0 Å². The maximum absolute atomic E-state index is 6.19. The zero-order chi connectivity index (χ0) is 10.1. The van der Waals surface area contributed by atoms with E-state index in [-0.39, 0.29) is 5.38 Å². The lowest BCUT2D eigenvalue weighted by atomic mass is 10.3. The summed E-state index contributed by atoms with van der Waals surface area (Å²) in [7, 11) is 0. The van der Waals surface area contributed by atoms with Crippen LogP contribution in [0.2, 0.25) is 0 Å². The van der Waals surface area contributed by atoms with E-state index in [1.165, 1.54) is 17.7 Å². The number of rotatable bonds is 4. The first-order valence-corrected chi connectivity index (χ1v) is 6.24. The maximum atomic E-state index is 6.19. The predicted molar refractivity (Wildman–Crippen MR) is 62.4 cm³/mol. The van der Waals surface area contributed by atoms with Gasteiger partial charge >= 0.3 is 0 Å². The topological polar surface area (TPSA) is 24.9 Å². The first-order valence-electron chi connectivity index (χ1n) is 4.99. The third kappa shape index (κ3) is 2.39. The lowest BCUT2D eigenvalue weighted by Gasteiger charge is -2.07. The van der Waals surface area contributed by atoms with Gasteiger partial charge in [0.1, 0.15) is 0 Å². The van der Waals surface area contributed by atoms with Crippen LogP contribution in [0.4, 0.5) is 5.13 Å². The van der Waals surface area contributed by atoms with Gasteiger partial charge in [-0.1, -0.05) is 0 Å². The molecule has 2 nitrogen and oxygen atoms in total. The fourth-order valence-corrected chi connectivity index (χ4v) is 2.51. The van der Waals surface area contributed by atoms with Gasteiger partial charge in [-0.25, -0.2) is 4.98 Å². The Morgan fingerprint density at radius 2 is 2.29 bits per heavy atom. The summed E-state index contributed by atoms with van der Waals surface area (Å²) in [6, 6.07) is 0. The fraction of sp³-hybridized carbons (Fsp3) is 0.700. The second-order valence-electron chi connectivity index (χ2n) is 3.89. The predicted octanol–water partition coefficient (Wildman–Crippen LogP) is 3.19. The number of nitrogens with one attached hydrogen (secondary N) is 1. The van der Waals surface area contributed by atoms with Crippen molar-refractivity contribution in [3.63, 3.8) is 0 Å². The molecule has 0 saturated heterocycles. The highest BCUT2D eigenvalue weighted by Gasteiger charge is 2.29. The number of thiazole rings is 1. The van der Waals surface area contributed by atoms with Crippen LogP contribution in [-0.4, -0.2) is 16.9 Å². The molecule has 0 amide bonds. The number of hydrogen-bond donors (Lipinski definition) is 1. The Morgan fingerprint density at radius 1 is 1.57 bits per heavy atom. The SMILES string of the molecule is Cc1nc(NCC(Cl)C2CC2)sc1C. The molecule has 1 atom stereocenters. The minimum atomic E-state index is 0.277. The summed E-state index contributed by atoms with van der Waals surface area (Å²) in [6.45, 7) is 4.98. The Labute approximate surface area is 93.7 Å². The van der Waals surface area contributed by atoms with Crippen LogP contribution in [-0.2, 0) is 0 Å². The summed E-state index contributed by atoms with van der Waals surface area (Å²) in [5.41, 5.74) is 1.12. The van der Waals surface area contributed by atoms with E-state index in [0.29, 0.717) is 0 Å². The fourth-order valence-electron chi connectivity index (χ4n) is 1.36. The highest BCUT2D eigenvalue weighted by molar-refractivity contribution is 7.15. The van der Waals surface area contributed by atoms with Gasteiger partial charge in [0.25, 0.3) is 0 Å². The molecule has 1 aromatic rings. The third-order valence-electron chi connectivity index (χ3n) is 2.61. The van der Waals surface area contributed by atoms with E-state index < -0.39 is 0 Å². The van der Waals surface area contributed by atoms with Crippen molar-refractivity contribution in [2.24, 2.45) is 5.92 Å². The van der Waals surface area contributed by atoms with E-state index in [1.54, 1.807) is 11.3 Å². The van der Waals surface area contributed by atoms with E-state index in [9.17, 15) is 0 Å². The smallest absolute Gasteiger partial charge is 0.183 e. The molecule has 1 N–H and O–H groups in total. The van der Waals surface area contributed by atoms with E-state index in [0.717, 1.165) is 23.3 Å². The van der Waals surface area contributed by atoms with E-state index >= 15 is 0 Å². The highest BCUT2D eigenvalue weighted by atomic mass is 35.5. The van der Waals surface area contributed by atoms with Gasteiger partial charge in [0.05, 0.1) is 11.1 Å². The van der Waals surface area contributed by atoms with Gasteiger partial charge in [0, 0.05) is 11.4 Å². The number of hydrogen-bond acceptors (Lipinski definition) is 3. The van der Waals surface area contributed by atoms with Crippen LogP contribution in [0, 0.1) is 19.8 Å². The zero-order valence-electron chi connectivity index (χ0n) is 8.51. The molecule has 0 aromatic carbocycles. The molecular formula is C10H15ClN2S.